The van der Waals surface area contributed by atoms with Crippen LogP contribution in [0.25, 0.3) is 6.08 Å². The van der Waals surface area contributed by atoms with Crippen LogP contribution in [0.2, 0.25) is 5.02 Å². The second-order valence-corrected chi connectivity index (χ2v) is 8.44. The quantitative estimate of drug-likeness (QED) is 0.375. The van der Waals surface area contributed by atoms with Crippen molar-refractivity contribution in [3.05, 3.63) is 87.8 Å². The van der Waals surface area contributed by atoms with Crippen LogP contribution in [0.1, 0.15) is 11.1 Å². The van der Waals surface area contributed by atoms with Crippen molar-refractivity contribution >= 4 is 46.3 Å². The topological polar surface area (TPSA) is 65.1 Å². The van der Waals surface area contributed by atoms with Crippen molar-refractivity contribution in [3.63, 3.8) is 0 Å². The Balaban J connectivity index is 1.54. The zero-order valence-electron chi connectivity index (χ0n) is 17.9. The van der Waals surface area contributed by atoms with E-state index < -0.39 is 5.91 Å². The third-order valence-corrected chi connectivity index (χ3v) is 6.03. The van der Waals surface area contributed by atoms with Crippen molar-refractivity contribution < 1.29 is 23.8 Å². The van der Waals surface area contributed by atoms with Crippen molar-refractivity contribution in [1.82, 2.24) is 0 Å². The molecule has 8 heteroatoms. The number of hydrogen-bond donors (Lipinski definition) is 0. The van der Waals surface area contributed by atoms with Gasteiger partial charge in [-0.2, -0.15) is 0 Å². The predicted molar refractivity (Wildman–Crippen MR) is 130 cm³/mol. The first-order valence-electron chi connectivity index (χ1n) is 9.96. The summed E-state index contributed by atoms with van der Waals surface area (Å²) < 4.78 is 16.6. The number of carbonyl (C=O) groups is 2. The van der Waals surface area contributed by atoms with E-state index in [1.807, 2.05) is 12.1 Å². The molecule has 33 heavy (non-hydrogen) atoms. The minimum atomic E-state index is -0.406. The van der Waals surface area contributed by atoms with Crippen LogP contribution in [0.4, 0.5) is 10.5 Å². The lowest BCUT2D eigenvalue weighted by molar-refractivity contribution is -0.113. The number of para-hydroxylation sites is 2. The second-order valence-electron chi connectivity index (χ2n) is 7.01. The number of hydrogen-bond acceptors (Lipinski definition) is 6. The SMILES string of the molecule is COc1cc(/C=C2\SC(=O)N(c3ccccc3OC)C2=O)ccc1OCc1ccc(Cl)cc1. The Kier molecular flexibility index (Phi) is 6.91. The number of anilines is 1. The van der Waals surface area contributed by atoms with Crippen LogP contribution < -0.4 is 19.1 Å². The van der Waals surface area contributed by atoms with Crippen molar-refractivity contribution in [2.45, 2.75) is 6.61 Å². The molecule has 3 aromatic carbocycles. The third kappa shape index (κ3) is 4.99. The van der Waals surface area contributed by atoms with Crippen LogP contribution >= 0.6 is 23.4 Å². The molecule has 0 aromatic heterocycles. The number of imide groups is 1. The summed E-state index contributed by atoms with van der Waals surface area (Å²) in [6.45, 7) is 0.352. The highest BCUT2D eigenvalue weighted by Crippen LogP contribution is 2.40. The minimum Gasteiger partial charge on any atom is -0.495 e. The maximum Gasteiger partial charge on any atom is 0.298 e. The third-order valence-electron chi connectivity index (χ3n) is 4.91. The van der Waals surface area contributed by atoms with E-state index in [1.165, 1.54) is 7.11 Å². The molecular weight excluding hydrogens is 462 g/mol. The Morgan fingerprint density at radius 1 is 0.909 bits per heavy atom. The number of rotatable bonds is 7. The molecule has 1 aliphatic rings. The van der Waals surface area contributed by atoms with Gasteiger partial charge < -0.3 is 14.2 Å². The van der Waals surface area contributed by atoms with Gasteiger partial charge in [0.15, 0.2) is 11.5 Å². The lowest BCUT2D eigenvalue weighted by atomic mass is 10.1. The molecule has 0 N–H and O–H groups in total. The van der Waals surface area contributed by atoms with E-state index in [-0.39, 0.29) is 5.24 Å². The molecule has 1 heterocycles. The van der Waals surface area contributed by atoms with E-state index in [9.17, 15) is 9.59 Å². The highest BCUT2D eigenvalue weighted by atomic mass is 35.5. The van der Waals surface area contributed by atoms with Gasteiger partial charge in [0.1, 0.15) is 12.4 Å². The summed E-state index contributed by atoms with van der Waals surface area (Å²) in [7, 11) is 3.04. The van der Waals surface area contributed by atoms with Crippen molar-refractivity contribution in [1.29, 1.82) is 0 Å². The molecule has 1 fully saturated rings. The fourth-order valence-electron chi connectivity index (χ4n) is 3.28. The highest BCUT2D eigenvalue weighted by molar-refractivity contribution is 8.19. The summed E-state index contributed by atoms with van der Waals surface area (Å²) in [6, 6.07) is 19.6. The van der Waals surface area contributed by atoms with Crippen LogP contribution in [0, 0.1) is 0 Å². The van der Waals surface area contributed by atoms with Gasteiger partial charge in [0.2, 0.25) is 0 Å². The molecule has 2 amide bonds. The first-order chi connectivity index (χ1) is 16.0. The lowest BCUT2D eigenvalue weighted by Gasteiger charge is -2.15. The Bertz CT molecular complexity index is 1230. The van der Waals surface area contributed by atoms with E-state index in [2.05, 4.69) is 0 Å². The normalized spacial score (nSPS) is 14.6. The number of ether oxygens (including phenoxy) is 3. The molecule has 4 rings (SSSR count). The van der Waals surface area contributed by atoms with E-state index in [4.69, 9.17) is 25.8 Å². The molecular formula is C25H20ClNO5S. The van der Waals surface area contributed by atoms with Crippen molar-refractivity contribution in [2.75, 3.05) is 19.1 Å². The Morgan fingerprint density at radius 2 is 1.64 bits per heavy atom. The first-order valence-corrected chi connectivity index (χ1v) is 11.2. The standard InChI is InChI=1S/C25H20ClNO5S/c1-30-20-6-4-3-5-19(20)27-24(28)23(33-25(27)29)14-17-9-12-21(22(13-17)31-2)32-15-16-7-10-18(26)11-8-16/h3-14H,15H2,1-2H3/b23-14-. The van der Waals surface area contributed by atoms with Gasteiger partial charge in [-0.25, -0.2) is 4.90 Å². The summed E-state index contributed by atoms with van der Waals surface area (Å²) in [5, 5.41) is 0.279. The van der Waals surface area contributed by atoms with Gasteiger partial charge in [0.25, 0.3) is 11.1 Å². The van der Waals surface area contributed by atoms with Gasteiger partial charge >= 0.3 is 0 Å². The summed E-state index contributed by atoms with van der Waals surface area (Å²) in [6.07, 6.45) is 1.66. The summed E-state index contributed by atoms with van der Waals surface area (Å²) in [5.74, 6) is 1.12. The summed E-state index contributed by atoms with van der Waals surface area (Å²) in [5.41, 5.74) is 2.08. The number of thioether (sulfide) groups is 1. The van der Waals surface area contributed by atoms with Gasteiger partial charge in [0, 0.05) is 5.02 Å². The molecule has 168 valence electrons. The molecule has 0 bridgehead atoms. The van der Waals surface area contributed by atoms with Gasteiger partial charge in [-0.15, -0.1) is 0 Å². The summed E-state index contributed by atoms with van der Waals surface area (Å²) >= 11 is 6.80. The van der Waals surface area contributed by atoms with Crippen LogP contribution in [-0.2, 0) is 11.4 Å². The number of nitrogens with zero attached hydrogens (tertiary/aromatic N) is 1. The average Bonchev–Trinajstić information content (AvgIpc) is 3.11. The van der Waals surface area contributed by atoms with Crippen LogP contribution in [0.3, 0.4) is 0 Å². The summed E-state index contributed by atoms with van der Waals surface area (Å²) in [4.78, 5) is 27.0. The smallest absolute Gasteiger partial charge is 0.298 e. The average molecular weight is 482 g/mol. The Hall–Kier alpha value is -3.42. The van der Waals surface area contributed by atoms with Crippen molar-refractivity contribution in [2.24, 2.45) is 0 Å². The van der Waals surface area contributed by atoms with E-state index in [1.54, 1.807) is 67.8 Å². The molecule has 0 radical (unpaired) electrons. The molecule has 0 saturated carbocycles. The number of methoxy groups -OCH3 is 2. The van der Waals surface area contributed by atoms with Gasteiger partial charge in [-0.05, 0) is 65.4 Å². The largest absolute Gasteiger partial charge is 0.495 e. The maximum atomic E-state index is 13.0. The molecule has 3 aromatic rings. The molecule has 0 unspecified atom stereocenters. The highest BCUT2D eigenvalue weighted by Gasteiger charge is 2.37. The molecule has 0 spiro atoms. The minimum absolute atomic E-state index is 0.308. The first kappa shape index (κ1) is 22.8. The molecule has 1 saturated heterocycles. The lowest BCUT2D eigenvalue weighted by Crippen LogP contribution is -2.28. The maximum absolute atomic E-state index is 13.0. The van der Waals surface area contributed by atoms with Crippen LogP contribution in [0.5, 0.6) is 17.2 Å². The number of benzene rings is 3. The fraction of sp³-hybridized carbons (Fsp3) is 0.120. The van der Waals surface area contributed by atoms with Gasteiger partial charge in [-0.3, -0.25) is 9.59 Å². The van der Waals surface area contributed by atoms with E-state index >= 15 is 0 Å². The zero-order chi connectivity index (χ0) is 23.4. The Labute approximate surface area is 200 Å². The second kappa shape index (κ2) is 10.0. The number of carbonyl (C=O) groups excluding carboxylic acids is 2. The zero-order valence-corrected chi connectivity index (χ0v) is 19.5. The number of halogens is 1. The monoisotopic (exact) mass is 481 g/mol. The van der Waals surface area contributed by atoms with Crippen LogP contribution in [-0.4, -0.2) is 25.4 Å². The Morgan fingerprint density at radius 3 is 2.36 bits per heavy atom. The molecule has 6 nitrogen and oxygen atoms in total. The van der Waals surface area contributed by atoms with Gasteiger partial charge in [0.05, 0.1) is 24.8 Å². The van der Waals surface area contributed by atoms with E-state index in [0.29, 0.717) is 45.0 Å². The molecule has 0 atom stereocenters. The van der Waals surface area contributed by atoms with Crippen molar-refractivity contribution in [3.8, 4) is 17.2 Å². The van der Waals surface area contributed by atoms with E-state index in [0.717, 1.165) is 22.2 Å². The fourth-order valence-corrected chi connectivity index (χ4v) is 4.24. The van der Waals surface area contributed by atoms with Crippen LogP contribution in [0.15, 0.2) is 71.6 Å². The predicted octanol–water partition coefficient (Wildman–Crippen LogP) is 6.18. The molecule has 0 aliphatic carbocycles. The van der Waals surface area contributed by atoms with Gasteiger partial charge in [-0.1, -0.05) is 41.9 Å². The number of amides is 2. The molecule has 1 aliphatic heterocycles.